The average Bonchev–Trinajstić information content (AvgIpc) is 2.63. The molecule has 0 fully saturated rings. The van der Waals surface area contributed by atoms with Crippen molar-refractivity contribution in [2.75, 3.05) is 0 Å². The molecule has 0 N–H and O–H groups in total. The lowest BCUT2D eigenvalue weighted by atomic mass is 10.3. The summed E-state index contributed by atoms with van der Waals surface area (Å²) in [5, 5.41) is 1.80. The first-order chi connectivity index (χ1) is 7.99. The molecule has 0 amide bonds. The molecular formula is C11H8BrFO2S2. The molecule has 2 nitrogen and oxygen atoms in total. The zero-order valence-electron chi connectivity index (χ0n) is 8.56. The van der Waals surface area contributed by atoms with E-state index in [1.807, 2.05) is 0 Å². The van der Waals surface area contributed by atoms with Crippen LogP contribution in [0.15, 0.2) is 45.1 Å². The van der Waals surface area contributed by atoms with E-state index in [2.05, 4.69) is 15.9 Å². The second-order valence-electron chi connectivity index (χ2n) is 3.42. The molecule has 1 aromatic carbocycles. The van der Waals surface area contributed by atoms with Gasteiger partial charge in [-0.05, 0) is 34.1 Å². The predicted octanol–water partition coefficient (Wildman–Crippen LogP) is 3.62. The molecule has 1 heterocycles. The van der Waals surface area contributed by atoms with Gasteiger partial charge in [0.1, 0.15) is 10.7 Å². The highest BCUT2D eigenvalue weighted by Crippen LogP contribution is 2.25. The number of halogens is 2. The van der Waals surface area contributed by atoms with Crippen molar-refractivity contribution in [3.05, 3.63) is 50.9 Å². The number of hydrogen-bond acceptors (Lipinski definition) is 3. The molecular weight excluding hydrogens is 327 g/mol. The van der Waals surface area contributed by atoms with Gasteiger partial charge in [0.25, 0.3) is 0 Å². The van der Waals surface area contributed by atoms with Gasteiger partial charge in [-0.3, -0.25) is 0 Å². The molecule has 6 heteroatoms. The van der Waals surface area contributed by atoms with Gasteiger partial charge in [0.05, 0.1) is 5.75 Å². The molecule has 0 bridgehead atoms. The van der Waals surface area contributed by atoms with Gasteiger partial charge in [-0.2, -0.15) is 0 Å². The van der Waals surface area contributed by atoms with E-state index in [9.17, 15) is 12.8 Å². The minimum absolute atomic E-state index is 0.176. The van der Waals surface area contributed by atoms with Crippen LogP contribution in [0.1, 0.15) is 4.88 Å². The highest BCUT2D eigenvalue weighted by atomic mass is 79.9. The van der Waals surface area contributed by atoms with E-state index in [0.717, 1.165) is 10.5 Å². The van der Waals surface area contributed by atoms with Crippen molar-refractivity contribution in [2.24, 2.45) is 0 Å². The molecule has 0 saturated carbocycles. The van der Waals surface area contributed by atoms with Gasteiger partial charge in [0, 0.05) is 14.7 Å². The van der Waals surface area contributed by atoms with E-state index in [-0.39, 0.29) is 10.6 Å². The van der Waals surface area contributed by atoms with Crippen molar-refractivity contribution in [1.82, 2.24) is 0 Å². The van der Waals surface area contributed by atoms with Gasteiger partial charge in [-0.1, -0.05) is 12.1 Å². The minimum atomic E-state index is -3.62. The van der Waals surface area contributed by atoms with E-state index in [1.165, 1.54) is 29.5 Å². The largest absolute Gasteiger partial charge is 0.223 e. The second-order valence-corrected chi connectivity index (χ2v) is 7.29. The van der Waals surface area contributed by atoms with Gasteiger partial charge in [-0.25, -0.2) is 12.8 Å². The van der Waals surface area contributed by atoms with Crippen molar-refractivity contribution in [2.45, 2.75) is 10.6 Å². The van der Waals surface area contributed by atoms with Gasteiger partial charge < -0.3 is 0 Å². The molecule has 0 spiro atoms. The van der Waals surface area contributed by atoms with Crippen molar-refractivity contribution in [3.8, 4) is 0 Å². The van der Waals surface area contributed by atoms with Crippen LogP contribution in [-0.2, 0) is 15.6 Å². The average molecular weight is 335 g/mol. The maximum absolute atomic E-state index is 13.4. The Balaban J connectivity index is 2.35. The van der Waals surface area contributed by atoms with Crippen LogP contribution >= 0.6 is 27.3 Å². The first-order valence-electron chi connectivity index (χ1n) is 4.69. The van der Waals surface area contributed by atoms with Gasteiger partial charge in [0.2, 0.25) is 0 Å². The van der Waals surface area contributed by atoms with Crippen LogP contribution in [0, 0.1) is 5.82 Å². The lowest BCUT2D eigenvalue weighted by Crippen LogP contribution is -2.06. The van der Waals surface area contributed by atoms with E-state index < -0.39 is 15.7 Å². The topological polar surface area (TPSA) is 34.1 Å². The summed E-state index contributed by atoms with van der Waals surface area (Å²) in [5.74, 6) is -0.882. The quantitative estimate of drug-likeness (QED) is 0.858. The summed E-state index contributed by atoms with van der Waals surface area (Å²) in [6.45, 7) is 0. The van der Waals surface area contributed by atoms with Crippen molar-refractivity contribution >= 4 is 37.1 Å². The molecule has 0 radical (unpaired) electrons. The maximum atomic E-state index is 13.4. The molecule has 0 atom stereocenters. The fraction of sp³-hybridized carbons (Fsp3) is 0.0909. The predicted molar refractivity (Wildman–Crippen MR) is 69.3 cm³/mol. The Labute approximate surface area is 111 Å². The number of rotatable bonds is 3. The van der Waals surface area contributed by atoms with Crippen molar-refractivity contribution in [3.63, 3.8) is 0 Å². The van der Waals surface area contributed by atoms with E-state index in [1.54, 1.807) is 11.4 Å². The van der Waals surface area contributed by atoms with E-state index in [0.29, 0.717) is 4.88 Å². The number of hydrogen-bond donors (Lipinski definition) is 0. The molecule has 2 aromatic rings. The Bertz CT molecular complexity index is 634. The maximum Gasteiger partial charge on any atom is 0.186 e. The van der Waals surface area contributed by atoms with Crippen LogP contribution < -0.4 is 0 Å². The molecule has 0 aliphatic rings. The summed E-state index contributed by atoms with van der Waals surface area (Å²) in [7, 11) is -3.62. The first-order valence-corrected chi connectivity index (χ1v) is 8.02. The molecule has 0 aliphatic heterocycles. The third-order valence-electron chi connectivity index (χ3n) is 2.13. The molecule has 90 valence electrons. The lowest BCUT2D eigenvalue weighted by Gasteiger charge is -2.03. The SMILES string of the molecule is O=S(=O)(Cc1cc(Br)cs1)c1ccccc1F. The van der Waals surface area contributed by atoms with Gasteiger partial charge in [-0.15, -0.1) is 11.3 Å². The highest BCUT2D eigenvalue weighted by molar-refractivity contribution is 9.10. The third kappa shape index (κ3) is 2.94. The van der Waals surface area contributed by atoms with Crippen LogP contribution in [0.3, 0.4) is 0 Å². The molecule has 17 heavy (non-hydrogen) atoms. The Morgan fingerprint density at radius 3 is 2.59 bits per heavy atom. The smallest absolute Gasteiger partial charge is 0.186 e. The Hall–Kier alpha value is -0.720. The third-order valence-corrected chi connectivity index (χ3v) is 5.70. The van der Waals surface area contributed by atoms with Crippen LogP contribution in [-0.4, -0.2) is 8.42 Å². The fourth-order valence-corrected chi connectivity index (χ4v) is 4.63. The van der Waals surface area contributed by atoms with Crippen molar-refractivity contribution in [1.29, 1.82) is 0 Å². The van der Waals surface area contributed by atoms with Gasteiger partial charge in [0.15, 0.2) is 9.84 Å². The normalized spacial score (nSPS) is 11.6. The Kier molecular flexibility index (Phi) is 3.65. The van der Waals surface area contributed by atoms with E-state index in [4.69, 9.17) is 0 Å². The second kappa shape index (κ2) is 4.88. The van der Waals surface area contributed by atoms with Crippen LogP contribution in [0.5, 0.6) is 0 Å². The fourth-order valence-electron chi connectivity index (χ4n) is 1.39. The summed E-state index contributed by atoms with van der Waals surface area (Å²) >= 11 is 4.58. The summed E-state index contributed by atoms with van der Waals surface area (Å²) in [6, 6.07) is 7.14. The summed E-state index contributed by atoms with van der Waals surface area (Å²) in [6.07, 6.45) is 0. The van der Waals surface area contributed by atoms with E-state index >= 15 is 0 Å². The molecule has 0 aliphatic carbocycles. The van der Waals surface area contributed by atoms with Crippen molar-refractivity contribution < 1.29 is 12.8 Å². The van der Waals surface area contributed by atoms with Crippen LogP contribution in [0.2, 0.25) is 0 Å². The monoisotopic (exact) mass is 334 g/mol. The highest BCUT2D eigenvalue weighted by Gasteiger charge is 2.19. The Morgan fingerprint density at radius 2 is 2.00 bits per heavy atom. The number of thiophene rings is 1. The first kappa shape index (κ1) is 12.7. The molecule has 0 saturated heterocycles. The molecule has 1 aromatic heterocycles. The lowest BCUT2D eigenvalue weighted by molar-refractivity contribution is 0.566. The molecule has 0 unspecified atom stereocenters. The zero-order valence-corrected chi connectivity index (χ0v) is 11.8. The number of benzene rings is 1. The minimum Gasteiger partial charge on any atom is -0.223 e. The summed E-state index contributed by atoms with van der Waals surface area (Å²) < 4.78 is 38.2. The number of sulfone groups is 1. The zero-order chi connectivity index (χ0) is 12.5. The van der Waals surface area contributed by atoms with Crippen LogP contribution in [0.25, 0.3) is 0 Å². The van der Waals surface area contributed by atoms with Crippen LogP contribution in [0.4, 0.5) is 4.39 Å². The molecule has 2 rings (SSSR count). The van der Waals surface area contributed by atoms with Gasteiger partial charge >= 0.3 is 0 Å². The Morgan fingerprint density at radius 1 is 1.29 bits per heavy atom. The summed E-state index contributed by atoms with van der Waals surface area (Å²) in [4.78, 5) is 0.435. The summed E-state index contributed by atoms with van der Waals surface area (Å²) in [5.41, 5.74) is 0. The standard InChI is InChI=1S/C11H8BrFO2S2/c12-8-5-9(16-6-8)7-17(14,15)11-4-2-1-3-10(11)13/h1-6H,7H2.